The molecule has 1 aliphatic carbocycles. The van der Waals surface area contributed by atoms with E-state index < -0.39 is 10.8 Å². The average molecular weight is 873 g/mol. The summed E-state index contributed by atoms with van der Waals surface area (Å²) in [5.74, 6) is 0.756. The molecule has 0 unspecified atom stereocenters. The summed E-state index contributed by atoms with van der Waals surface area (Å²) < 4.78 is 0. The number of para-hydroxylation sites is 3. The van der Waals surface area contributed by atoms with Gasteiger partial charge in [0.15, 0.2) is 0 Å². The molecule has 2 spiro atoms. The zero-order valence-corrected chi connectivity index (χ0v) is 38.6. The standard InChI is InChI=1S/C64H48N4/c1-41-31-37-59-55(39-41)64(56-40-42(2)32-38-60(56)67(59)47-21-9-6-10-22-47)51-25-13-11-23-49(51)63(50-24-12-14-26-52(50)64)53-27-15-17-29-57(53)68(58-30-18-16-28-54(58)63)48-35-33-46(34-36-48)62-43(3)61(65-44(4)66-62)45-19-7-5-8-20-45/h5-40H,1-4H3. The SMILES string of the molecule is Cc1ccc2c(c1)C1(c3cc(C)ccc3N2c2ccccc2)c2ccccc2C2(c3ccccc3N(c3ccc(-c4nc(C)nc(-c5ccccc5)c4C)cc3)c3ccccc32)c2ccccc21. The molecule has 4 heteroatoms. The van der Waals surface area contributed by atoms with Crippen molar-refractivity contribution in [2.45, 2.75) is 38.5 Å². The number of fused-ring (bicyclic) bond motifs is 14. The van der Waals surface area contributed by atoms with Crippen molar-refractivity contribution >= 4 is 34.1 Å². The van der Waals surface area contributed by atoms with Gasteiger partial charge in [-0.25, -0.2) is 9.97 Å². The summed E-state index contributed by atoms with van der Waals surface area (Å²) in [5.41, 5.74) is 23.6. The van der Waals surface area contributed by atoms with Crippen LogP contribution in [0, 0.1) is 27.7 Å². The first-order valence-corrected chi connectivity index (χ1v) is 23.7. The van der Waals surface area contributed by atoms with Gasteiger partial charge in [0, 0.05) is 28.1 Å². The van der Waals surface area contributed by atoms with Crippen LogP contribution in [0.1, 0.15) is 67.0 Å². The van der Waals surface area contributed by atoms with Gasteiger partial charge in [-0.3, -0.25) is 0 Å². The molecule has 1 aromatic heterocycles. The maximum Gasteiger partial charge on any atom is 0.126 e. The second-order valence-corrected chi connectivity index (χ2v) is 18.7. The molecule has 4 nitrogen and oxygen atoms in total. The van der Waals surface area contributed by atoms with Crippen LogP contribution in [0.4, 0.5) is 34.1 Å². The first-order chi connectivity index (χ1) is 33.4. The summed E-state index contributed by atoms with van der Waals surface area (Å²) in [6, 6.07) is 81.4. The van der Waals surface area contributed by atoms with E-state index in [0.717, 1.165) is 56.7 Å². The normalized spacial score (nSPS) is 14.4. The highest BCUT2D eigenvalue weighted by molar-refractivity contribution is 5.95. The topological polar surface area (TPSA) is 32.3 Å². The molecular weight excluding hydrogens is 825 g/mol. The van der Waals surface area contributed by atoms with Gasteiger partial charge in [0.1, 0.15) is 5.82 Å². The molecule has 324 valence electrons. The van der Waals surface area contributed by atoms with Crippen LogP contribution in [0.15, 0.2) is 218 Å². The summed E-state index contributed by atoms with van der Waals surface area (Å²) in [5, 5.41) is 0. The Bertz CT molecular complexity index is 3480. The lowest BCUT2D eigenvalue weighted by molar-refractivity contribution is 0.607. The molecule has 0 amide bonds. The molecule has 0 radical (unpaired) electrons. The second-order valence-electron chi connectivity index (χ2n) is 18.7. The van der Waals surface area contributed by atoms with Crippen molar-refractivity contribution in [3.05, 3.63) is 285 Å². The molecule has 0 bridgehead atoms. The Balaban J connectivity index is 1.05. The van der Waals surface area contributed by atoms with Gasteiger partial charge in [-0.2, -0.15) is 0 Å². The summed E-state index contributed by atoms with van der Waals surface area (Å²) in [7, 11) is 0. The van der Waals surface area contributed by atoms with E-state index in [4.69, 9.17) is 9.97 Å². The maximum absolute atomic E-state index is 5.01. The van der Waals surface area contributed by atoms with Crippen molar-refractivity contribution in [1.29, 1.82) is 0 Å². The number of hydrogen-bond donors (Lipinski definition) is 0. The number of hydrogen-bond acceptors (Lipinski definition) is 4. The maximum atomic E-state index is 5.01. The van der Waals surface area contributed by atoms with Crippen molar-refractivity contribution in [3.8, 4) is 22.5 Å². The van der Waals surface area contributed by atoms with E-state index >= 15 is 0 Å². The van der Waals surface area contributed by atoms with Crippen molar-refractivity contribution in [2.24, 2.45) is 0 Å². The van der Waals surface area contributed by atoms with E-state index in [1.807, 2.05) is 13.0 Å². The largest absolute Gasteiger partial charge is 0.310 e. The summed E-state index contributed by atoms with van der Waals surface area (Å²) in [4.78, 5) is 14.9. The van der Waals surface area contributed by atoms with Gasteiger partial charge in [0.2, 0.25) is 0 Å². The van der Waals surface area contributed by atoms with E-state index in [2.05, 4.69) is 243 Å². The Labute approximate surface area is 398 Å². The molecule has 68 heavy (non-hydrogen) atoms. The summed E-state index contributed by atoms with van der Waals surface area (Å²) >= 11 is 0. The van der Waals surface area contributed by atoms with Crippen LogP contribution < -0.4 is 9.80 Å². The monoisotopic (exact) mass is 872 g/mol. The van der Waals surface area contributed by atoms with Gasteiger partial charge in [-0.15, -0.1) is 0 Å². The molecule has 13 rings (SSSR count). The van der Waals surface area contributed by atoms with Crippen molar-refractivity contribution in [2.75, 3.05) is 9.80 Å². The molecule has 0 saturated carbocycles. The highest BCUT2D eigenvalue weighted by atomic mass is 15.2. The molecule has 0 atom stereocenters. The molecule has 3 aliphatic rings. The minimum atomic E-state index is -0.657. The van der Waals surface area contributed by atoms with Crippen LogP contribution in [0.3, 0.4) is 0 Å². The Morgan fingerprint density at radius 3 is 1.13 bits per heavy atom. The summed E-state index contributed by atoms with van der Waals surface area (Å²) in [6.45, 7) is 8.60. The Hall–Kier alpha value is -8.34. The third-order valence-corrected chi connectivity index (χ3v) is 14.9. The highest BCUT2D eigenvalue weighted by Gasteiger charge is 2.59. The smallest absolute Gasteiger partial charge is 0.126 e. The predicted octanol–water partition coefficient (Wildman–Crippen LogP) is 15.7. The van der Waals surface area contributed by atoms with Crippen LogP contribution in [0.5, 0.6) is 0 Å². The van der Waals surface area contributed by atoms with Crippen LogP contribution in [0.25, 0.3) is 22.5 Å². The van der Waals surface area contributed by atoms with Gasteiger partial charge in [-0.05, 0) is 121 Å². The van der Waals surface area contributed by atoms with E-state index in [1.165, 1.54) is 67.0 Å². The quantitative estimate of drug-likeness (QED) is 0.176. The second kappa shape index (κ2) is 15.1. The molecule has 0 fully saturated rings. The van der Waals surface area contributed by atoms with Gasteiger partial charge in [-0.1, -0.05) is 181 Å². The van der Waals surface area contributed by atoms with E-state index in [0.29, 0.717) is 0 Å². The number of rotatable bonds is 4. The first kappa shape index (κ1) is 40.0. The number of aromatic nitrogens is 2. The lowest BCUT2D eigenvalue weighted by atomic mass is 9.49. The molecule has 0 N–H and O–H groups in total. The van der Waals surface area contributed by atoms with Crippen LogP contribution in [0.2, 0.25) is 0 Å². The molecule has 10 aromatic rings. The highest BCUT2D eigenvalue weighted by Crippen LogP contribution is 2.68. The number of benzene rings is 9. The fourth-order valence-corrected chi connectivity index (χ4v) is 12.2. The third kappa shape index (κ3) is 5.49. The molecular formula is C64H48N4. The first-order valence-electron chi connectivity index (χ1n) is 23.7. The van der Waals surface area contributed by atoms with E-state index in [9.17, 15) is 0 Å². The van der Waals surface area contributed by atoms with E-state index in [-0.39, 0.29) is 0 Å². The fourth-order valence-electron chi connectivity index (χ4n) is 12.2. The van der Waals surface area contributed by atoms with E-state index in [1.54, 1.807) is 0 Å². The Morgan fingerprint density at radius 1 is 0.309 bits per heavy atom. The Morgan fingerprint density at radius 2 is 0.662 bits per heavy atom. The number of nitrogens with zero attached hydrogens (tertiary/aromatic N) is 4. The third-order valence-electron chi connectivity index (χ3n) is 14.9. The average Bonchev–Trinajstić information content (AvgIpc) is 3.38. The summed E-state index contributed by atoms with van der Waals surface area (Å²) in [6.07, 6.45) is 0. The molecule has 0 saturated heterocycles. The predicted molar refractivity (Wildman–Crippen MR) is 279 cm³/mol. The molecule has 3 heterocycles. The van der Waals surface area contributed by atoms with Crippen LogP contribution >= 0.6 is 0 Å². The van der Waals surface area contributed by atoms with Gasteiger partial charge >= 0.3 is 0 Å². The van der Waals surface area contributed by atoms with Crippen LogP contribution in [-0.2, 0) is 10.8 Å². The zero-order valence-electron chi connectivity index (χ0n) is 38.6. The van der Waals surface area contributed by atoms with Gasteiger partial charge in [0.05, 0.1) is 45.0 Å². The minimum Gasteiger partial charge on any atom is -0.310 e. The lowest BCUT2D eigenvalue weighted by Crippen LogP contribution is -2.49. The minimum absolute atomic E-state index is 0.638. The molecule has 2 aliphatic heterocycles. The lowest BCUT2D eigenvalue weighted by Gasteiger charge is -2.56. The number of aryl methyl sites for hydroxylation is 3. The Kier molecular flexibility index (Phi) is 8.88. The van der Waals surface area contributed by atoms with Crippen molar-refractivity contribution in [1.82, 2.24) is 9.97 Å². The van der Waals surface area contributed by atoms with Gasteiger partial charge in [0.25, 0.3) is 0 Å². The molecule has 9 aromatic carbocycles. The fraction of sp³-hybridized carbons (Fsp3) is 0.0938. The van der Waals surface area contributed by atoms with Crippen molar-refractivity contribution in [3.63, 3.8) is 0 Å². The van der Waals surface area contributed by atoms with Crippen molar-refractivity contribution < 1.29 is 0 Å². The van der Waals surface area contributed by atoms with Crippen LogP contribution in [-0.4, -0.2) is 9.97 Å². The zero-order chi connectivity index (χ0) is 45.7. The van der Waals surface area contributed by atoms with Gasteiger partial charge < -0.3 is 9.80 Å². The number of anilines is 6.